The minimum absolute atomic E-state index is 0.0181. The number of carbonyl (C=O) groups is 1. The molecule has 3 N–H and O–H groups in total. The van der Waals surface area contributed by atoms with Gasteiger partial charge in [0.15, 0.2) is 0 Å². The normalized spacial score (nSPS) is 14.8. The standard InChI is InChI=1S/C24H31N5O/c1-18(2)17-23(24(30)27-12-11-25)28-22-6-4-3-5-21(22)19-7-9-20(10-8-19)29-15-13-26-14-16-29/h3-10,18,23,26,28H,12-17H2,1-2H3,(H,27,30)/t23-/m0/s1. The van der Waals surface area contributed by atoms with Crippen LogP contribution in [-0.2, 0) is 4.79 Å². The largest absolute Gasteiger partial charge is 0.373 e. The predicted molar refractivity (Wildman–Crippen MR) is 122 cm³/mol. The number of para-hydroxylation sites is 1. The van der Waals surface area contributed by atoms with Gasteiger partial charge in [0, 0.05) is 43.1 Å². The van der Waals surface area contributed by atoms with Gasteiger partial charge in [-0.25, -0.2) is 0 Å². The molecule has 1 aliphatic heterocycles. The molecule has 0 aromatic heterocycles. The highest BCUT2D eigenvalue weighted by atomic mass is 16.2. The fourth-order valence-electron chi connectivity index (χ4n) is 3.78. The first-order chi connectivity index (χ1) is 14.6. The molecule has 0 radical (unpaired) electrons. The lowest BCUT2D eigenvalue weighted by atomic mass is 9.99. The monoisotopic (exact) mass is 405 g/mol. The number of rotatable bonds is 8. The summed E-state index contributed by atoms with van der Waals surface area (Å²) in [5.74, 6) is 0.204. The Labute approximate surface area is 179 Å². The van der Waals surface area contributed by atoms with E-state index in [4.69, 9.17) is 5.26 Å². The summed E-state index contributed by atoms with van der Waals surface area (Å²) in [6, 6.07) is 18.3. The SMILES string of the molecule is CC(C)C[C@H](Nc1ccccc1-c1ccc(N2CCNCC2)cc1)C(=O)NCC#N. The molecule has 2 aromatic rings. The van der Waals surface area contributed by atoms with Crippen molar-refractivity contribution in [3.63, 3.8) is 0 Å². The Morgan fingerprint density at radius 2 is 1.83 bits per heavy atom. The lowest BCUT2D eigenvalue weighted by Crippen LogP contribution is -2.43. The predicted octanol–water partition coefficient (Wildman–Crippen LogP) is 3.23. The van der Waals surface area contributed by atoms with Crippen molar-refractivity contribution >= 4 is 17.3 Å². The summed E-state index contributed by atoms with van der Waals surface area (Å²) in [6.45, 7) is 8.27. The number of hydrogen-bond donors (Lipinski definition) is 3. The van der Waals surface area contributed by atoms with Gasteiger partial charge in [-0.1, -0.05) is 44.2 Å². The van der Waals surface area contributed by atoms with Crippen LogP contribution < -0.4 is 20.9 Å². The zero-order valence-electron chi connectivity index (χ0n) is 17.8. The quantitative estimate of drug-likeness (QED) is 0.588. The van der Waals surface area contributed by atoms with Crippen molar-refractivity contribution in [2.75, 3.05) is 42.9 Å². The molecule has 1 aliphatic rings. The van der Waals surface area contributed by atoms with Gasteiger partial charge >= 0.3 is 0 Å². The summed E-state index contributed by atoms with van der Waals surface area (Å²) in [5, 5.41) is 18.3. The van der Waals surface area contributed by atoms with Crippen LogP contribution in [0.2, 0.25) is 0 Å². The van der Waals surface area contributed by atoms with Crippen molar-refractivity contribution in [1.29, 1.82) is 5.26 Å². The molecular formula is C24H31N5O. The second-order valence-corrected chi connectivity index (χ2v) is 8.03. The van der Waals surface area contributed by atoms with E-state index in [1.165, 1.54) is 5.69 Å². The van der Waals surface area contributed by atoms with Crippen molar-refractivity contribution in [2.45, 2.75) is 26.3 Å². The van der Waals surface area contributed by atoms with E-state index in [9.17, 15) is 4.79 Å². The number of amides is 1. The molecule has 2 aromatic carbocycles. The highest BCUT2D eigenvalue weighted by Crippen LogP contribution is 2.30. The van der Waals surface area contributed by atoms with Gasteiger partial charge in [0.1, 0.15) is 12.6 Å². The highest BCUT2D eigenvalue weighted by molar-refractivity contribution is 5.87. The van der Waals surface area contributed by atoms with Gasteiger partial charge in [0.2, 0.25) is 5.91 Å². The van der Waals surface area contributed by atoms with E-state index >= 15 is 0 Å². The molecule has 1 amide bonds. The average Bonchev–Trinajstić information content (AvgIpc) is 2.78. The summed E-state index contributed by atoms with van der Waals surface area (Å²) in [5.41, 5.74) is 4.33. The molecule has 3 rings (SSSR count). The third-order valence-corrected chi connectivity index (χ3v) is 5.28. The lowest BCUT2D eigenvalue weighted by molar-refractivity contribution is -0.121. The molecule has 6 heteroatoms. The summed E-state index contributed by atoms with van der Waals surface area (Å²) in [7, 11) is 0. The zero-order chi connectivity index (χ0) is 21.3. The maximum absolute atomic E-state index is 12.6. The van der Waals surface area contributed by atoms with Crippen LogP contribution in [0.25, 0.3) is 11.1 Å². The third kappa shape index (κ3) is 5.74. The van der Waals surface area contributed by atoms with Crippen molar-refractivity contribution in [3.05, 3.63) is 48.5 Å². The minimum Gasteiger partial charge on any atom is -0.373 e. The number of piperazine rings is 1. The molecule has 0 spiro atoms. The van der Waals surface area contributed by atoms with E-state index in [0.717, 1.165) is 43.0 Å². The molecule has 1 heterocycles. The van der Waals surface area contributed by atoms with Crippen LogP contribution in [0.15, 0.2) is 48.5 Å². The van der Waals surface area contributed by atoms with Crippen LogP contribution in [0.1, 0.15) is 20.3 Å². The first-order valence-electron chi connectivity index (χ1n) is 10.6. The molecule has 6 nitrogen and oxygen atoms in total. The van der Waals surface area contributed by atoms with Crippen LogP contribution in [0.5, 0.6) is 0 Å². The fraction of sp³-hybridized carbons (Fsp3) is 0.417. The molecule has 0 bridgehead atoms. The fourth-order valence-corrected chi connectivity index (χ4v) is 3.78. The molecule has 1 saturated heterocycles. The number of nitrogens with zero attached hydrogens (tertiary/aromatic N) is 2. The number of anilines is 2. The Hall–Kier alpha value is -3.04. The minimum atomic E-state index is -0.389. The van der Waals surface area contributed by atoms with Crippen molar-refractivity contribution in [1.82, 2.24) is 10.6 Å². The van der Waals surface area contributed by atoms with Gasteiger partial charge < -0.3 is 20.9 Å². The molecule has 0 unspecified atom stereocenters. The van der Waals surface area contributed by atoms with E-state index in [-0.39, 0.29) is 18.5 Å². The Balaban J connectivity index is 1.80. The van der Waals surface area contributed by atoms with Gasteiger partial charge in [-0.3, -0.25) is 4.79 Å². The molecule has 0 saturated carbocycles. The summed E-state index contributed by atoms with van der Waals surface area (Å²) in [4.78, 5) is 15.0. The Kier molecular flexibility index (Phi) is 7.69. The highest BCUT2D eigenvalue weighted by Gasteiger charge is 2.20. The first kappa shape index (κ1) is 21.7. The van der Waals surface area contributed by atoms with Gasteiger partial charge in [0.05, 0.1) is 6.07 Å². The zero-order valence-corrected chi connectivity index (χ0v) is 17.8. The first-order valence-corrected chi connectivity index (χ1v) is 10.6. The second-order valence-electron chi connectivity index (χ2n) is 8.03. The molecule has 0 aliphatic carbocycles. The maximum Gasteiger partial charge on any atom is 0.243 e. The number of hydrogen-bond acceptors (Lipinski definition) is 5. The third-order valence-electron chi connectivity index (χ3n) is 5.28. The number of nitriles is 1. The number of nitrogens with one attached hydrogen (secondary N) is 3. The second kappa shape index (κ2) is 10.7. The van der Waals surface area contributed by atoms with Crippen molar-refractivity contribution in [3.8, 4) is 17.2 Å². The maximum atomic E-state index is 12.6. The van der Waals surface area contributed by atoms with E-state index in [1.54, 1.807) is 0 Å². The van der Waals surface area contributed by atoms with Crippen molar-refractivity contribution in [2.24, 2.45) is 5.92 Å². The van der Waals surface area contributed by atoms with E-state index in [0.29, 0.717) is 12.3 Å². The van der Waals surface area contributed by atoms with E-state index in [2.05, 4.69) is 65.0 Å². The van der Waals surface area contributed by atoms with E-state index < -0.39 is 0 Å². The van der Waals surface area contributed by atoms with Crippen molar-refractivity contribution < 1.29 is 4.79 Å². The molecule has 1 atom stereocenters. The summed E-state index contributed by atoms with van der Waals surface area (Å²) < 4.78 is 0. The van der Waals surface area contributed by atoms with Gasteiger partial charge in [-0.2, -0.15) is 5.26 Å². The van der Waals surface area contributed by atoms with Gasteiger partial charge in [-0.15, -0.1) is 0 Å². The van der Waals surface area contributed by atoms with Crippen LogP contribution >= 0.6 is 0 Å². The molecule has 1 fully saturated rings. The van der Waals surface area contributed by atoms with E-state index in [1.807, 2.05) is 24.3 Å². The average molecular weight is 406 g/mol. The molecule has 30 heavy (non-hydrogen) atoms. The Morgan fingerprint density at radius 3 is 2.50 bits per heavy atom. The van der Waals surface area contributed by atoms with Crippen LogP contribution in [0.3, 0.4) is 0 Å². The Bertz CT molecular complexity index is 866. The Morgan fingerprint density at radius 1 is 1.13 bits per heavy atom. The lowest BCUT2D eigenvalue weighted by Gasteiger charge is -2.29. The summed E-state index contributed by atoms with van der Waals surface area (Å²) in [6.07, 6.45) is 0.688. The van der Waals surface area contributed by atoms with Gasteiger partial charge in [0.25, 0.3) is 0 Å². The van der Waals surface area contributed by atoms with Crippen LogP contribution in [-0.4, -0.2) is 44.7 Å². The molecule has 158 valence electrons. The number of benzene rings is 2. The number of carbonyl (C=O) groups excluding carboxylic acids is 1. The summed E-state index contributed by atoms with van der Waals surface area (Å²) >= 11 is 0. The smallest absolute Gasteiger partial charge is 0.243 e. The van der Waals surface area contributed by atoms with Crippen LogP contribution in [0.4, 0.5) is 11.4 Å². The van der Waals surface area contributed by atoms with Crippen LogP contribution in [0, 0.1) is 17.2 Å². The molecular weight excluding hydrogens is 374 g/mol. The topological polar surface area (TPSA) is 80.2 Å². The van der Waals surface area contributed by atoms with Gasteiger partial charge in [-0.05, 0) is 36.1 Å².